The third-order valence-corrected chi connectivity index (χ3v) is 13.9. The van der Waals surface area contributed by atoms with Gasteiger partial charge in [0, 0.05) is 61.6 Å². The van der Waals surface area contributed by atoms with Gasteiger partial charge < -0.3 is 9.80 Å². The fraction of sp³-hybridized carbons (Fsp3) is 0.630. The van der Waals surface area contributed by atoms with Gasteiger partial charge in [-0.2, -0.15) is 9.03 Å². The highest BCUT2D eigenvalue weighted by molar-refractivity contribution is 7.91. The lowest BCUT2D eigenvalue weighted by molar-refractivity contribution is -0.143. The molecule has 232 valence electrons. The quantitative estimate of drug-likeness (QED) is 0.437. The maximum absolute atomic E-state index is 13.4. The highest BCUT2D eigenvalue weighted by Crippen LogP contribution is 2.31. The highest BCUT2D eigenvalue weighted by atomic mass is 35.5. The molecule has 1 aromatic heterocycles. The number of nitrogens with one attached hydrogen (secondary N) is 1. The molecule has 0 bridgehead atoms. The number of rotatable bonds is 9. The number of amides is 2. The van der Waals surface area contributed by atoms with E-state index in [-0.39, 0.29) is 28.6 Å². The minimum absolute atomic E-state index is 0.00131. The fourth-order valence-corrected chi connectivity index (χ4v) is 10.0. The summed E-state index contributed by atoms with van der Waals surface area (Å²) in [6.45, 7) is 7.08. The Morgan fingerprint density at radius 1 is 1.02 bits per heavy atom. The molecule has 5 rings (SSSR count). The SMILES string of the molecule is CC(C)S(=O)(=O)N1CCN(CC2CCCN2C(=O)CN2CCCC(NS(=O)(=O)c3cc4cc(Cl)ccc4s3)C2=O)CC1. The molecule has 4 heterocycles. The van der Waals surface area contributed by atoms with E-state index in [1.165, 1.54) is 4.90 Å². The van der Waals surface area contributed by atoms with Gasteiger partial charge >= 0.3 is 0 Å². The molecule has 11 nitrogen and oxygen atoms in total. The summed E-state index contributed by atoms with van der Waals surface area (Å²) in [6.07, 6.45) is 2.67. The van der Waals surface area contributed by atoms with E-state index in [4.69, 9.17) is 11.6 Å². The Morgan fingerprint density at radius 2 is 1.74 bits per heavy atom. The van der Waals surface area contributed by atoms with Crippen LogP contribution in [0.1, 0.15) is 39.5 Å². The van der Waals surface area contributed by atoms with Crippen molar-refractivity contribution in [3.05, 3.63) is 29.3 Å². The van der Waals surface area contributed by atoms with Crippen LogP contribution in [0.25, 0.3) is 10.1 Å². The largest absolute Gasteiger partial charge is 0.337 e. The number of piperidine rings is 1. The molecule has 1 N–H and O–H groups in total. The van der Waals surface area contributed by atoms with Crippen molar-refractivity contribution in [2.24, 2.45) is 0 Å². The Hall–Kier alpha value is -1.81. The summed E-state index contributed by atoms with van der Waals surface area (Å²) < 4.78 is 56.3. The van der Waals surface area contributed by atoms with Gasteiger partial charge in [0.25, 0.3) is 10.0 Å². The van der Waals surface area contributed by atoms with Crippen LogP contribution in [0.5, 0.6) is 0 Å². The van der Waals surface area contributed by atoms with Crippen LogP contribution in [0.3, 0.4) is 0 Å². The number of likely N-dealkylation sites (tertiary alicyclic amines) is 2. The monoisotopic (exact) mass is 659 g/mol. The van der Waals surface area contributed by atoms with E-state index in [1.807, 2.05) is 4.90 Å². The molecule has 0 spiro atoms. The van der Waals surface area contributed by atoms with E-state index in [9.17, 15) is 26.4 Å². The van der Waals surface area contributed by atoms with E-state index in [0.29, 0.717) is 63.7 Å². The van der Waals surface area contributed by atoms with Crippen molar-refractivity contribution >= 4 is 64.9 Å². The molecule has 0 radical (unpaired) electrons. The summed E-state index contributed by atoms with van der Waals surface area (Å²) in [7, 11) is -7.22. The molecule has 3 saturated heterocycles. The zero-order valence-corrected chi connectivity index (χ0v) is 27.1. The second-order valence-electron chi connectivity index (χ2n) is 11.5. The third kappa shape index (κ3) is 6.79. The topological polar surface area (TPSA) is 127 Å². The average molecular weight is 660 g/mol. The number of hydrogen-bond donors (Lipinski definition) is 1. The predicted octanol–water partition coefficient (Wildman–Crippen LogP) is 2.17. The second-order valence-corrected chi connectivity index (χ2v) is 17.5. The molecule has 15 heteroatoms. The lowest BCUT2D eigenvalue weighted by Gasteiger charge is -2.38. The smallest absolute Gasteiger partial charge is 0.250 e. The molecule has 2 atom stereocenters. The van der Waals surface area contributed by atoms with Gasteiger partial charge in [-0.3, -0.25) is 14.5 Å². The summed E-state index contributed by atoms with van der Waals surface area (Å²) in [5.41, 5.74) is 0. The number of piperazine rings is 1. The number of carbonyl (C=O) groups is 2. The van der Waals surface area contributed by atoms with E-state index in [0.717, 1.165) is 34.3 Å². The minimum atomic E-state index is -3.94. The van der Waals surface area contributed by atoms with Crippen molar-refractivity contribution in [1.82, 2.24) is 23.7 Å². The van der Waals surface area contributed by atoms with Crippen LogP contribution in [0.15, 0.2) is 28.5 Å². The normalized spacial score (nSPS) is 23.4. The molecule has 3 aliphatic heterocycles. The second kappa shape index (κ2) is 12.7. The maximum atomic E-state index is 13.4. The van der Waals surface area contributed by atoms with Crippen molar-refractivity contribution in [1.29, 1.82) is 0 Å². The molecule has 42 heavy (non-hydrogen) atoms. The van der Waals surface area contributed by atoms with Crippen molar-refractivity contribution in [2.45, 2.75) is 61.1 Å². The third-order valence-electron chi connectivity index (χ3n) is 8.33. The molecular weight excluding hydrogens is 622 g/mol. The summed E-state index contributed by atoms with van der Waals surface area (Å²) in [5.74, 6) is -0.530. The molecule has 2 amide bonds. The first-order chi connectivity index (χ1) is 19.8. The van der Waals surface area contributed by atoms with Crippen LogP contribution in [0.2, 0.25) is 5.02 Å². The average Bonchev–Trinajstić information content (AvgIpc) is 3.58. The molecule has 3 aliphatic rings. The fourth-order valence-electron chi connectivity index (χ4n) is 5.94. The zero-order chi connectivity index (χ0) is 30.2. The van der Waals surface area contributed by atoms with Crippen LogP contribution in [-0.2, 0) is 29.6 Å². The Morgan fingerprint density at radius 3 is 2.45 bits per heavy atom. The first kappa shape index (κ1) is 31.6. The van der Waals surface area contributed by atoms with E-state index >= 15 is 0 Å². The number of nitrogens with zero attached hydrogens (tertiary/aromatic N) is 4. The number of thiophene rings is 1. The summed E-state index contributed by atoms with van der Waals surface area (Å²) in [6, 6.07) is 5.80. The molecular formula is C27H38ClN5O6S3. The van der Waals surface area contributed by atoms with Crippen LogP contribution >= 0.6 is 22.9 Å². The lowest BCUT2D eigenvalue weighted by Crippen LogP contribution is -2.56. The minimum Gasteiger partial charge on any atom is -0.337 e. The molecule has 2 aromatic rings. The molecule has 3 fully saturated rings. The van der Waals surface area contributed by atoms with Crippen molar-refractivity contribution in [3.8, 4) is 0 Å². The van der Waals surface area contributed by atoms with Crippen molar-refractivity contribution in [3.63, 3.8) is 0 Å². The Balaban J connectivity index is 1.16. The molecule has 0 aliphatic carbocycles. The number of fused-ring (bicyclic) bond motifs is 1. The van der Waals surface area contributed by atoms with Crippen LogP contribution in [0.4, 0.5) is 0 Å². The molecule has 2 unspecified atom stereocenters. The Labute approximate surface area is 256 Å². The summed E-state index contributed by atoms with van der Waals surface area (Å²) in [4.78, 5) is 32.2. The van der Waals surface area contributed by atoms with Crippen molar-refractivity contribution < 1.29 is 26.4 Å². The Kier molecular flexibility index (Phi) is 9.53. The number of carbonyl (C=O) groups excluding carboxylic acids is 2. The number of sulfonamides is 2. The van der Waals surface area contributed by atoms with Gasteiger partial charge in [-0.15, -0.1) is 11.3 Å². The van der Waals surface area contributed by atoms with Crippen LogP contribution in [-0.4, -0.2) is 117 Å². The van der Waals surface area contributed by atoms with Crippen LogP contribution in [0, 0.1) is 0 Å². The molecule has 0 saturated carbocycles. The Bertz CT molecular complexity index is 1540. The first-order valence-corrected chi connectivity index (χ1v) is 18.5. The predicted molar refractivity (Wildman–Crippen MR) is 164 cm³/mol. The number of benzene rings is 1. The number of halogens is 1. The zero-order valence-electron chi connectivity index (χ0n) is 23.9. The summed E-state index contributed by atoms with van der Waals surface area (Å²) >= 11 is 7.16. The van der Waals surface area contributed by atoms with Gasteiger partial charge in [0.05, 0.1) is 11.8 Å². The highest BCUT2D eigenvalue weighted by Gasteiger charge is 2.37. The van der Waals surface area contributed by atoms with Gasteiger partial charge in [0.1, 0.15) is 10.3 Å². The van der Waals surface area contributed by atoms with E-state index in [2.05, 4.69) is 9.62 Å². The van der Waals surface area contributed by atoms with Gasteiger partial charge in [0.15, 0.2) is 0 Å². The lowest BCUT2D eigenvalue weighted by atomic mass is 10.1. The summed E-state index contributed by atoms with van der Waals surface area (Å²) in [5, 5.41) is 0.785. The van der Waals surface area contributed by atoms with E-state index in [1.54, 1.807) is 42.4 Å². The van der Waals surface area contributed by atoms with Gasteiger partial charge in [-0.1, -0.05) is 11.6 Å². The van der Waals surface area contributed by atoms with Gasteiger partial charge in [-0.05, 0) is 69.2 Å². The van der Waals surface area contributed by atoms with Crippen molar-refractivity contribution in [2.75, 3.05) is 52.4 Å². The maximum Gasteiger partial charge on any atom is 0.250 e. The molecule has 1 aromatic carbocycles. The standard InChI is InChI=1S/C27H38ClN5O6S3/c1-19(2)42(38,39)32-13-11-30(12-14-32)17-22-5-3-10-33(22)25(34)18-31-9-4-6-23(27(31)35)29-41(36,37)26-16-20-15-21(28)7-8-24(20)40-26/h7-8,15-16,19,22-23,29H,3-6,9-14,17-18H2,1-2H3. The number of hydrogen-bond acceptors (Lipinski definition) is 8. The van der Waals surface area contributed by atoms with Gasteiger partial charge in [-0.25, -0.2) is 16.8 Å². The first-order valence-electron chi connectivity index (χ1n) is 14.4. The van der Waals surface area contributed by atoms with Crippen LogP contribution < -0.4 is 4.72 Å². The van der Waals surface area contributed by atoms with Gasteiger partial charge in [0.2, 0.25) is 21.8 Å². The van der Waals surface area contributed by atoms with E-state index < -0.39 is 31.3 Å².